The Kier molecular flexibility index (Phi) is 5.50. The number of rotatable bonds is 4. The van der Waals surface area contributed by atoms with Crippen molar-refractivity contribution >= 4 is 5.91 Å². The van der Waals surface area contributed by atoms with Gasteiger partial charge in [-0.15, -0.1) is 0 Å². The van der Waals surface area contributed by atoms with Gasteiger partial charge < -0.3 is 10.1 Å². The van der Waals surface area contributed by atoms with Crippen LogP contribution in [0.4, 0.5) is 0 Å². The zero-order chi connectivity index (χ0) is 18.9. The van der Waals surface area contributed by atoms with Gasteiger partial charge in [-0.25, -0.2) is 0 Å². The van der Waals surface area contributed by atoms with Gasteiger partial charge in [0.2, 0.25) is 5.91 Å². The highest BCUT2D eigenvalue weighted by Crippen LogP contribution is 2.37. The lowest BCUT2D eigenvalue weighted by Gasteiger charge is -2.47. The van der Waals surface area contributed by atoms with Crippen molar-refractivity contribution in [3.63, 3.8) is 0 Å². The van der Waals surface area contributed by atoms with Gasteiger partial charge in [0.15, 0.2) is 0 Å². The highest BCUT2D eigenvalue weighted by molar-refractivity contribution is 5.77. The Morgan fingerprint density at radius 2 is 1.85 bits per heavy atom. The summed E-state index contributed by atoms with van der Waals surface area (Å²) in [5.74, 6) is 0.137. The summed E-state index contributed by atoms with van der Waals surface area (Å²) in [4.78, 5) is 17.3. The number of carbonyl (C=O) groups excluding carboxylic acids is 1. The molecule has 0 aliphatic carbocycles. The fourth-order valence-electron chi connectivity index (χ4n) is 4.91. The van der Waals surface area contributed by atoms with E-state index in [-0.39, 0.29) is 23.8 Å². The molecule has 3 atom stereocenters. The topological polar surface area (TPSA) is 56.8 Å². The van der Waals surface area contributed by atoms with Crippen molar-refractivity contribution in [3.8, 4) is 0 Å². The lowest BCUT2D eigenvalue weighted by atomic mass is 9.76. The molecule has 2 unspecified atom stereocenters. The van der Waals surface area contributed by atoms with E-state index in [0.29, 0.717) is 12.5 Å². The number of amides is 1. The van der Waals surface area contributed by atoms with E-state index in [0.717, 1.165) is 45.7 Å². The molecule has 0 radical (unpaired) electrons. The third-order valence-electron chi connectivity index (χ3n) is 6.49. The average Bonchev–Trinajstić information content (AvgIpc) is 3.20. The van der Waals surface area contributed by atoms with E-state index in [4.69, 9.17) is 4.74 Å². The first-order chi connectivity index (χ1) is 13.1. The summed E-state index contributed by atoms with van der Waals surface area (Å²) in [7, 11) is 0. The number of ether oxygens (including phenoxy) is 1. The predicted octanol–water partition coefficient (Wildman–Crippen LogP) is 1.48. The minimum absolute atomic E-state index is 0.0239. The fourth-order valence-corrected chi connectivity index (χ4v) is 4.91. The largest absolute Gasteiger partial charge is 0.379 e. The Bertz CT molecular complexity index is 645. The molecule has 3 fully saturated rings. The van der Waals surface area contributed by atoms with Gasteiger partial charge in [0, 0.05) is 31.1 Å². The summed E-state index contributed by atoms with van der Waals surface area (Å²) in [5, 5.41) is 6.91. The minimum Gasteiger partial charge on any atom is -0.379 e. The molecule has 0 aromatic heterocycles. The van der Waals surface area contributed by atoms with Crippen molar-refractivity contribution in [2.75, 3.05) is 32.8 Å². The van der Waals surface area contributed by atoms with Crippen LogP contribution >= 0.6 is 0 Å². The Hall–Kier alpha value is -1.47. The average molecular weight is 373 g/mol. The molecule has 1 amide bonds. The maximum absolute atomic E-state index is 12.5. The van der Waals surface area contributed by atoms with Crippen molar-refractivity contribution < 1.29 is 9.53 Å². The van der Waals surface area contributed by atoms with Crippen molar-refractivity contribution in [1.82, 2.24) is 20.4 Å². The Labute approximate surface area is 162 Å². The fraction of sp³-hybridized carbons (Fsp3) is 0.667. The minimum atomic E-state index is -0.102. The van der Waals surface area contributed by atoms with Crippen LogP contribution in [0.2, 0.25) is 0 Å². The Balaban J connectivity index is 1.51. The van der Waals surface area contributed by atoms with Crippen LogP contribution in [0.15, 0.2) is 30.3 Å². The number of benzene rings is 1. The first kappa shape index (κ1) is 18.9. The summed E-state index contributed by atoms with van der Waals surface area (Å²) < 4.78 is 5.47. The number of hydrogen-bond acceptors (Lipinski definition) is 5. The van der Waals surface area contributed by atoms with Crippen LogP contribution in [-0.4, -0.2) is 67.1 Å². The van der Waals surface area contributed by atoms with Crippen LogP contribution in [0.1, 0.15) is 38.7 Å². The summed E-state index contributed by atoms with van der Waals surface area (Å²) in [6.07, 6.45) is 2.82. The van der Waals surface area contributed by atoms with Crippen molar-refractivity contribution in [2.45, 2.75) is 57.0 Å². The zero-order valence-corrected chi connectivity index (χ0v) is 16.5. The number of nitrogens with zero attached hydrogens (tertiary/aromatic N) is 2. The van der Waals surface area contributed by atoms with Gasteiger partial charge in [0.25, 0.3) is 0 Å². The number of hydrogen-bond donors (Lipinski definition) is 2. The first-order valence-corrected chi connectivity index (χ1v) is 10.2. The SMILES string of the molecule is CC(C)(c1ccccc1)[C@H]1CCCN1C1NC(=O)CC(N2CCOCC2)N1. The third kappa shape index (κ3) is 3.90. The molecule has 6 heteroatoms. The molecule has 3 aliphatic heterocycles. The van der Waals surface area contributed by atoms with Gasteiger partial charge in [0.05, 0.1) is 25.8 Å². The molecular formula is C21H32N4O2. The molecule has 4 rings (SSSR count). The van der Waals surface area contributed by atoms with Crippen LogP contribution < -0.4 is 10.6 Å². The van der Waals surface area contributed by atoms with E-state index in [2.05, 4.69) is 64.6 Å². The lowest BCUT2D eigenvalue weighted by molar-refractivity contribution is -0.131. The zero-order valence-electron chi connectivity index (χ0n) is 16.5. The molecule has 0 bridgehead atoms. The molecule has 3 aliphatic rings. The highest BCUT2D eigenvalue weighted by atomic mass is 16.5. The Morgan fingerprint density at radius 1 is 1.11 bits per heavy atom. The van der Waals surface area contributed by atoms with Crippen molar-refractivity contribution in [1.29, 1.82) is 0 Å². The summed E-state index contributed by atoms with van der Waals surface area (Å²) in [6.45, 7) is 8.93. The van der Waals surface area contributed by atoms with Gasteiger partial charge in [-0.1, -0.05) is 44.2 Å². The maximum atomic E-state index is 12.5. The third-order valence-corrected chi connectivity index (χ3v) is 6.49. The second kappa shape index (κ2) is 7.87. The molecule has 148 valence electrons. The summed E-state index contributed by atoms with van der Waals surface area (Å²) >= 11 is 0. The second-order valence-electron chi connectivity index (χ2n) is 8.49. The van der Waals surface area contributed by atoms with E-state index >= 15 is 0 Å². The van der Waals surface area contributed by atoms with E-state index in [1.165, 1.54) is 5.56 Å². The summed E-state index contributed by atoms with van der Waals surface area (Å²) in [6, 6.07) is 11.1. The number of likely N-dealkylation sites (tertiary alicyclic amines) is 1. The van der Waals surface area contributed by atoms with Gasteiger partial charge in [0.1, 0.15) is 6.29 Å². The number of carbonyl (C=O) groups is 1. The van der Waals surface area contributed by atoms with E-state index in [1.807, 2.05) is 0 Å². The first-order valence-electron chi connectivity index (χ1n) is 10.2. The van der Waals surface area contributed by atoms with Gasteiger partial charge in [-0.2, -0.15) is 0 Å². The number of nitrogens with one attached hydrogen (secondary N) is 2. The Morgan fingerprint density at radius 3 is 2.59 bits per heavy atom. The molecular weight excluding hydrogens is 340 g/mol. The molecule has 2 N–H and O–H groups in total. The molecule has 6 nitrogen and oxygen atoms in total. The molecule has 0 spiro atoms. The van der Waals surface area contributed by atoms with Crippen LogP contribution in [0.5, 0.6) is 0 Å². The highest BCUT2D eigenvalue weighted by Gasteiger charge is 2.44. The standard InChI is InChI=1S/C21H32N4O2/c1-21(2,16-7-4-3-5-8-16)17-9-6-10-25(17)20-22-18(15-19(26)23-20)24-11-13-27-14-12-24/h3-5,7-8,17-18,20,22H,6,9-15H2,1-2H3,(H,23,26)/t17-,18?,20?/m1/s1. The van der Waals surface area contributed by atoms with Crippen LogP contribution in [0.25, 0.3) is 0 Å². The molecule has 1 aromatic rings. The van der Waals surface area contributed by atoms with Crippen LogP contribution in [0.3, 0.4) is 0 Å². The molecule has 27 heavy (non-hydrogen) atoms. The maximum Gasteiger partial charge on any atom is 0.225 e. The van der Waals surface area contributed by atoms with Crippen molar-refractivity contribution in [2.24, 2.45) is 0 Å². The van der Waals surface area contributed by atoms with Crippen LogP contribution in [0, 0.1) is 0 Å². The lowest BCUT2D eigenvalue weighted by Crippen LogP contribution is -2.69. The number of morpholine rings is 1. The quantitative estimate of drug-likeness (QED) is 0.839. The van der Waals surface area contributed by atoms with E-state index < -0.39 is 0 Å². The molecule has 0 saturated carbocycles. The van der Waals surface area contributed by atoms with E-state index in [1.54, 1.807) is 0 Å². The van der Waals surface area contributed by atoms with Gasteiger partial charge in [-0.3, -0.25) is 19.9 Å². The summed E-state index contributed by atoms with van der Waals surface area (Å²) in [5.41, 5.74) is 1.38. The second-order valence-corrected chi connectivity index (χ2v) is 8.49. The predicted molar refractivity (Wildman–Crippen MR) is 105 cm³/mol. The van der Waals surface area contributed by atoms with Crippen LogP contribution in [-0.2, 0) is 14.9 Å². The van der Waals surface area contributed by atoms with E-state index in [9.17, 15) is 4.79 Å². The normalized spacial score (nSPS) is 31.0. The molecule has 3 heterocycles. The smallest absolute Gasteiger partial charge is 0.225 e. The van der Waals surface area contributed by atoms with Gasteiger partial charge >= 0.3 is 0 Å². The monoisotopic (exact) mass is 372 g/mol. The molecule has 1 aromatic carbocycles. The van der Waals surface area contributed by atoms with Gasteiger partial charge in [-0.05, 0) is 18.4 Å². The van der Waals surface area contributed by atoms with Crippen molar-refractivity contribution in [3.05, 3.63) is 35.9 Å². The molecule has 3 saturated heterocycles.